The Kier molecular flexibility index (Phi) is 8.29. The van der Waals surface area contributed by atoms with E-state index in [1.165, 1.54) is 0 Å². The Bertz CT molecular complexity index is 624. The van der Waals surface area contributed by atoms with Gasteiger partial charge >= 0.3 is 5.97 Å². The molecule has 2 atom stereocenters. The van der Waals surface area contributed by atoms with E-state index in [1.807, 2.05) is 13.8 Å². The maximum atomic E-state index is 12.6. The van der Waals surface area contributed by atoms with Crippen molar-refractivity contribution in [2.75, 3.05) is 12.4 Å². The predicted octanol–water partition coefficient (Wildman–Crippen LogP) is 3.68. The van der Waals surface area contributed by atoms with Crippen molar-refractivity contribution < 1.29 is 19.1 Å². The molecule has 0 aromatic heterocycles. The molecule has 2 unspecified atom stereocenters. The van der Waals surface area contributed by atoms with Crippen LogP contribution < -0.4 is 10.1 Å². The lowest BCUT2D eigenvalue weighted by atomic mass is 9.99. The highest BCUT2D eigenvalue weighted by atomic mass is 16.5. The number of carbonyl (C=O) groups is 2. The van der Waals surface area contributed by atoms with E-state index < -0.39 is 24.0 Å². The molecule has 136 valence electrons. The predicted molar refractivity (Wildman–Crippen MR) is 94.2 cm³/mol. The molecular weight excluding hydrogens is 324 g/mol. The van der Waals surface area contributed by atoms with Gasteiger partial charge < -0.3 is 14.8 Å². The van der Waals surface area contributed by atoms with Gasteiger partial charge in [-0.25, -0.2) is 0 Å². The molecule has 0 radical (unpaired) electrons. The Hall–Kier alpha value is -2.73. The molecule has 1 N–H and O–H groups in total. The Morgan fingerprint density at radius 3 is 2.40 bits per heavy atom. The van der Waals surface area contributed by atoms with Crippen LogP contribution in [0.25, 0.3) is 10.4 Å². The summed E-state index contributed by atoms with van der Waals surface area (Å²) in [6.07, 6.45) is -0.647. The SMILES string of the molecule is CCC(=O)OC(C(=O)Nc1ccc(OC)cc1)C(CC(C)C)N=[N+]=[N-]. The van der Waals surface area contributed by atoms with Gasteiger partial charge in [-0.1, -0.05) is 25.9 Å². The maximum absolute atomic E-state index is 12.6. The first-order chi connectivity index (χ1) is 11.9. The van der Waals surface area contributed by atoms with Crippen LogP contribution in [0.4, 0.5) is 5.69 Å². The standard InChI is InChI=1S/C17H24N4O4/c1-5-15(22)25-16(14(20-21-18)10-11(2)3)17(23)19-12-6-8-13(24-4)9-7-12/h6-9,11,14,16H,5,10H2,1-4H3,(H,19,23). The molecule has 0 saturated carbocycles. The first-order valence-corrected chi connectivity index (χ1v) is 8.09. The van der Waals surface area contributed by atoms with Gasteiger partial charge in [0.05, 0.1) is 13.2 Å². The second kappa shape index (κ2) is 10.2. The Morgan fingerprint density at radius 2 is 1.92 bits per heavy atom. The number of azide groups is 1. The van der Waals surface area contributed by atoms with Gasteiger partial charge in [-0.3, -0.25) is 9.59 Å². The number of rotatable bonds is 9. The van der Waals surface area contributed by atoms with Gasteiger partial charge in [-0.05, 0) is 42.1 Å². The zero-order valence-corrected chi connectivity index (χ0v) is 14.9. The molecule has 1 aromatic rings. The van der Waals surface area contributed by atoms with Crippen molar-refractivity contribution in [1.82, 2.24) is 0 Å². The average molecular weight is 348 g/mol. The van der Waals surface area contributed by atoms with Crippen LogP contribution in [0.2, 0.25) is 0 Å². The number of hydrogen-bond donors (Lipinski definition) is 1. The molecule has 0 heterocycles. The molecule has 0 aliphatic heterocycles. The van der Waals surface area contributed by atoms with Crippen LogP contribution in [0.5, 0.6) is 5.75 Å². The molecule has 0 aliphatic carbocycles. The first-order valence-electron chi connectivity index (χ1n) is 8.09. The number of esters is 1. The highest BCUT2D eigenvalue weighted by Gasteiger charge is 2.31. The van der Waals surface area contributed by atoms with Gasteiger partial charge in [0.15, 0.2) is 6.10 Å². The van der Waals surface area contributed by atoms with Gasteiger partial charge in [0, 0.05) is 17.0 Å². The Balaban J connectivity index is 3.00. The first kappa shape index (κ1) is 20.3. The van der Waals surface area contributed by atoms with Crippen LogP contribution in [0.3, 0.4) is 0 Å². The second-order valence-corrected chi connectivity index (χ2v) is 5.88. The van der Waals surface area contributed by atoms with E-state index in [2.05, 4.69) is 15.3 Å². The zero-order chi connectivity index (χ0) is 18.8. The van der Waals surface area contributed by atoms with Crippen molar-refractivity contribution in [3.05, 3.63) is 34.7 Å². The van der Waals surface area contributed by atoms with Gasteiger partial charge in [-0.15, -0.1) is 0 Å². The van der Waals surface area contributed by atoms with Crippen LogP contribution in [0, 0.1) is 5.92 Å². The molecule has 0 spiro atoms. The van der Waals surface area contributed by atoms with Crippen LogP contribution in [0.15, 0.2) is 29.4 Å². The third kappa shape index (κ3) is 6.73. The second-order valence-electron chi connectivity index (χ2n) is 5.88. The molecule has 25 heavy (non-hydrogen) atoms. The van der Waals surface area contributed by atoms with Crippen molar-refractivity contribution in [3.63, 3.8) is 0 Å². The van der Waals surface area contributed by atoms with Crippen molar-refractivity contribution in [3.8, 4) is 5.75 Å². The van der Waals surface area contributed by atoms with Gasteiger partial charge in [0.25, 0.3) is 5.91 Å². The monoisotopic (exact) mass is 348 g/mol. The summed E-state index contributed by atoms with van der Waals surface area (Å²) in [5, 5.41) is 6.34. The molecule has 0 aliphatic rings. The van der Waals surface area contributed by atoms with E-state index in [0.717, 1.165) is 0 Å². The van der Waals surface area contributed by atoms with Gasteiger partial charge in [-0.2, -0.15) is 0 Å². The van der Waals surface area contributed by atoms with E-state index >= 15 is 0 Å². The third-order valence-electron chi connectivity index (χ3n) is 3.43. The fourth-order valence-corrected chi connectivity index (χ4v) is 2.20. The minimum absolute atomic E-state index is 0.122. The molecule has 1 aromatic carbocycles. The number of methoxy groups -OCH3 is 1. The topological polar surface area (TPSA) is 113 Å². The highest BCUT2D eigenvalue weighted by molar-refractivity contribution is 5.96. The summed E-state index contributed by atoms with van der Waals surface area (Å²) in [6, 6.07) is 5.95. The number of benzene rings is 1. The average Bonchev–Trinajstić information content (AvgIpc) is 2.59. The smallest absolute Gasteiger partial charge is 0.306 e. The lowest BCUT2D eigenvalue weighted by Crippen LogP contribution is -2.41. The van der Waals surface area contributed by atoms with Crippen LogP contribution in [0.1, 0.15) is 33.6 Å². The van der Waals surface area contributed by atoms with Gasteiger partial charge in [0.1, 0.15) is 5.75 Å². The largest absolute Gasteiger partial charge is 0.497 e. The summed E-state index contributed by atoms with van der Waals surface area (Å²) >= 11 is 0. The Labute approximate surface area is 147 Å². The van der Waals surface area contributed by atoms with Crippen molar-refractivity contribution in [1.29, 1.82) is 0 Å². The maximum Gasteiger partial charge on any atom is 0.306 e. The molecule has 1 amide bonds. The van der Waals surface area contributed by atoms with Crippen molar-refractivity contribution in [2.24, 2.45) is 11.0 Å². The molecule has 8 heteroatoms. The summed E-state index contributed by atoms with van der Waals surface area (Å²) in [5.74, 6) is -0.257. The molecule has 8 nitrogen and oxygen atoms in total. The number of amides is 1. The third-order valence-corrected chi connectivity index (χ3v) is 3.43. The summed E-state index contributed by atoms with van der Waals surface area (Å²) < 4.78 is 10.3. The van der Waals surface area contributed by atoms with E-state index in [0.29, 0.717) is 17.9 Å². The molecule has 0 saturated heterocycles. The molecule has 0 bridgehead atoms. The number of anilines is 1. The van der Waals surface area contributed by atoms with Crippen molar-refractivity contribution >= 4 is 17.6 Å². The van der Waals surface area contributed by atoms with E-state index in [9.17, 15) is 9.59 Å². The fourth-order valence-electron chi connectivity index (χ4n) is 2.20. The van der Waals surface area contributed by atoms with Crippen LogP contribution >= 0.6 is 0 Å². The summed E-state index contributed by atoms with van der Waals surface area (Å²) in [5.41, 5.74) is 9.31. The zero-order valence-electron chi connectivity index (χ0n) is 14.9. The number of hydrogen-bond acceptors (Lipinski definition) is 5. The lowest BCUT2D eigenvalue weighted by molar-refractivity contribution is -0.155. The lowest BCUT2D eigenvalue weighted by Gasteiger charge is -2.24. The van der Waals surface area contributed by atoms with Gasteiger partial charge in [0.2, 0.25) is 0 Å². The fraction of sp³-hybridized carbons (Fsp3) is 0.529. The minimum Gasteiger partial charge on any atom is -0.497 e. The van der Waals surface area contributed by atoms with E-state index in [-0.39, 0.29) is 12.3 Å². The molecular formula is C17H24N4O4. The number of nitrogens with one attached hydrogen (secondary N) is 1. The van der Waals surface area contributed by atoms with Crippen LogP contribution in [-0.4, -0.2) is 31.1 Å². The number of nitrogens with zero attached hydrogens (tertiary/aromatic N) is 3. The molecule has 0 fully saturated rings. The van der Waals surface area contributed by atoms with E-state index in [1.54, 1.807) is 38.3 Å². The molecule has 1 rings (SSSR count). The number of carbonyl (C=O) groups excluding carboxylic acids is 2. The van der Waals surface area contributed by atoms with E-state index in [4.69, 9.17) is 15.0 Å². The normalized spacial score (nSPS) is 12.7. The Morgan fingerprint density at radius 1 is 1.28 bits per heavy atom. The summed E-state index contributed by atoms with van der Waals surface area (Å²) in [6.45, 7) is 5.49. The minimum atomic E-state index is -1.19. The quantitative estimate of drug-likeness (QED) is 0.317. The summed E-state index contributed by atoms with van der Waals surface area (Å²) in [4.78, 5) is 27.1. The van der Waals surface area contributed by atoms with Crippen LogP contribution in [-0.2, 0) is 14.3 Å². The highest BCUT2D eigenvalue weighted by Crippen LogP contribution is 2.19. The van der Waals surface area contributed by atoms with Crippen molar-refractivity contribution in [2.45, 2.75) is 45.8 Å². The summed E-state index contributed by atoms with van der Waals surface area (Å²) in [7, 11) is 1.55. The number of ether oxygens (including phenoxy) is 2.